The van der Waals surface area contributed by atoms with Crippen LogP contribution in [0.1, 0.15) is 37.0 Å². The number of rotatable bonds is 5. The monoisotopic (exact) mass is 326 g/mol. The molecule has 1 fully saturated rings. The van der Waals surface area contributed by atoms with Gasteiger partial charge in [-0.2, -0.15) is 5.10 Å². The Bertz CT molecular complexity index is 783. The molecular weight excluding hydrogens is 304 g/mol. The van der Waals surface area contributed by atoms with Gasteiger partial charge in [-0.3, -0.25) is 14.4 Å². The van der Waals surface area contributed by atoms with E-state index in [1.54, 1.807) is 24.1 Å². The fraction of sp³-hybridized carbons (Fsp3) is 0.389. The van der Waals surface area contributed by atoms with E-state index in [1.807, 2.05) is 31.2 Å². The lowest BCUT2D eigenvalue weighted by Gasteiger charge is -2.23. The lowest BCUT2D eigenvalue weighted by molar-refractivity contribution is -0.132. The third-order valence-corrected chi connectivity index (χ3v) is 4.64. The molecule has 1 N–H and O–H groups in total. The lowest BCUT2D eigenvalue weighted by atomic mass is 9.89. The standard InChI is InChI=1S/C18H22N4O2/c1-4-13-7-6-8-14(9-13)11-22-16(23)18(5-2,20-17(22)24)15-10-19-21(3)12-15/h6-10,12H,4-5,11H2,1-3H3,(H,20,24)/t18-/m0/s1. The van der Waals surface area contributed by atoms with Crippen molar-refractivity contribution >= 4 is 11.9 Å². The van der Waals surface area contributed by atoms with E-state index in [-0.39, 0.29) is 18.5 Å². The molecule has 1 saturated heterocycles. The van der Waals surface area contributed by atoms with Crippen molar-refractivity contribution in [3.63, 3.8) is 0 Å². The van der Waals surface area contributed by atoms with Crippen LogP contribution in [0, 0.1) is 0 Å². The van der Waals surface area contributed by atoms with Crippen molar-refractivity contribution in [3.8, 4) is 0 Å². The van der Waals surface area contributed by atoms with Gasteiger partial charge >= 0.3 is 6.03 Å². The van der Waals surface area contributed by atoms with Crippen molar-refractivity contribution in [2.24, 2.45) is 7.05 Å². The normalized spacial score (nSPS) is 20.5. The molecule has 0 aliphatic carbocycles. The summed E-state index contributed by atoms with van der Waals surface area (Å²) in [6.07, 6.45) is 4.82. The quantitative estimate of drug-likeness (QED) is 0.858. The Balaban J connectivity index is 1.90. The van der Waals surface area contributed by atoms with Gasteiger partial charge in [-0.05, 0) is 24.0 Å². The number of carbonyl (C=O) groups excluding carboxylic acids is 2. The molecule has 0 unspecified atom stereocenters. The molecule has 1 aliphatic heterocycles. The van der Waals surface area contributed by atoms with Crippen molar-refractivity contribution in [2.75, 3.05) is 0 Å². The van der Waals surface area contributed by atoms with E-state index in [9.17, 15) is 9.59 Å². The number of benzene rings is 1. The van der Waals surface area contributed by atoms with Gasteiger partial charge in [0.25, 0.3) is 5.91 Å². The fourth-order valence-electron chi connectivity index (χ4n) is 3.18. The third-order valence-electron chi connectivity index (χ3n) is 4.64. The summed E-state index contributed by atoms with van der Waals surface area (Å²) in [5.74, 6) is -0.218. The topological polar surface area (TPSA) is 67.2 Å². The number of urea groups is 1. The average Bonchev–Trinajstić information content (AvgIpc) is 3.12. The minimum absolute atomic E-state index is 0.218. The number of amides is 3. The van der Waals surface area contributed by atoms with Gasteiger partial charge in [0.05, 0.1) is 12.7 Å². The van der Waals surface area contributed by atoms with E-state index >= 15 is 0 Å². The Morgan fingerprint density at radius 3 is 2.58 bits per heavy atom. The molecule has 3 amide bonds. The van der Waals surface area contributed by atoms with E-state index in [0.29, 0.717) is 6.42 Å². The molecule has 0 saturated carbocycles. The van der Waals surface area contributed by atoms with E-state index in [0.717, 1.165) is 17.5 Å². The third kappa shape index (κ3) is 2.58. The van der Waals surface area contributed by atoms with Gasteiger partial charge in [-0.1, -0.05) is 38.1 Å². The van der Waals surface area contributed by atoms with Crippen molar-refractivity contribution in [2.45, 2.75) is 38.8 Å². The Hall–Kier alpha value is -2.63. The maximum absolute atomic E-state index is 13.0. The smallest absolute Gasteiger partial charge is 0.319 e. The summed E-state index contributed by atoms with van der Waals surface area (Å²) in [6, 6.07) is 7.63. The predicted molar refractivity (Wildman–Crippen MR) is 90.1 cm³/mol. The summed E-state index contributed by atoms with van der Waals surface area (Å²) in [6.45, 7) is 4.25. The molecule has 2 aromatic rings. The number of hydrogen-bond acceptors (Lipinski definition) is 3. The highest BCUT2D eigenvalue weighted by atomic mass is 16.2. The minimum Gasteiger partial charge on any atom is -0.319 e. The summed E-state index contributed by atoms with van der Waals surface area (Å²) in [5.41, 5.74) is 1.84. The summed E-state index contributed by atoms with van der Waals surface area (Å²) < 4.78 is 1.64. The van der Waals surface area contributed by atoms with E-state index in [4.69, 9.17) is 0 Å². The van der Waals surface area contributed by atoms with Crippen LogP contribution in [0.2, 0.25) is 0 Å². The Morgan fingerprint density at radius 1 is 1.21 bits per heavy atom. The van der Waals surface area contributed by atoms with E-state index < -0.39 is 5.54 Å². The van der Waals surface area contributed by atoms with Crippen molar-refractivity contribution < 1.29 is 9.59 Å². The molecule has 1 aliphatic rings. The van der Waals surface area contributed by atoms with E-state index in [2.05, 4.69) is 17.3 Å². The number of aryl methyl sites for hydroxylation is 2. The molecule has 6 heteroatoms. The van der Waals surface area contributed by atoms with Gasteiger partial charge in [0.1, 0.15) is 5.54 Å². The molecule has 1 aromatic carbocycles. The first kappa shape index (κ1) is 16.2. The van der Waals surface area contributed by atoms with Crippen LogP contribution in [0.5, 0.6) is 0 Å². The Kier molecular flexibility index (Phi) is 4.13. The van der Waals surface area contributed by atoms with Crippen LogP contribution in [-0.2, 0) is 30.3 Å². The van der Waals surface area contributed by atoms with E-state index in [1.165, 1.54) is 10.5 Å². The first-order chi connectivity index (χ1) is 11.5. The molecule has 0 spiro atoms. The summed E-state index contributed by atoms with van der Waals surface area (Å²) in [5, 5.41) is 7.02. The SMILES string of the molecule is CCc1cccc(CN2C(=O)N[C@@](CC)(c3cnn(C)c3)C2=O)c1. The molecule has 0 bridgehead atoms. The molecule has 0 radical (unpaired) electrons. The zero-order valence-corrected chi connectivity index (χ0v) is 14.2. The zero-order chi connectivity index (χ0) is 17.3. The van der Waals surface area contributed by atoms with Crippen molar-refractivity contribution in [1.82, 2.24) is 20.0 Å². The Labute approximate surface area is 141 Å². The fourth-order valence-corrected chi connectivity index (χ4v) is 3.18. The molecule has 6 nitrogen and oxygen atoms in total. The van der Waals surface area contributed by atoms with Crippen molar-refractivity contribution in [3.05, 3.63) is 53.3 Å². The average molecular weight is 326 g/mol. The van der Waals surface area contributed by atoms with Crippen LogP contribution < -0.4 is 5.32 Å². The molecule has 126 valence electrons. The van der Waals surface area contributed by atoms with Crippen molar-refractivity contribution in [1.29, 1.82) is 0 Å². The number of imide groups is 1. The molecule has 24 heavy (non-hydrogen) atoms. The molecule has 1 aromatic heterocycles. The van der Waals surface area contributed by atoms with Gasteiger partial charge in [-0.25, -0.2) is 4.79 Å². The second-order valence-electron chi connectivity index (χ2n) is 6.16. The first-order valence-electron chi connectivity index (χ1n) is 8.21. The van der Waals surface area contributed by atoms with Gasteiger partial charge in [0.15, 0.2) is 0 Å². The molecular formula is C18H22N4O2. The zero-order valence-electron chi connectivity index (χ0n) is 14.2. The maximum atomic E-state index is 13.0. The number of aromatic nitrogens is 2. The maximum Gasteiger partial charge on any atom is 0.325 e. The van der Waals surface area contributed by atoms with Gasteiger partial charge in [0, 0.05) is 18.8 Å². The number of nitrogens with one attached hydrogen (secondary N) is 1. The molecule has 3 rings (SSSR count). The van der Waals surface area contributed by atoms with Gasteiger partial charge in [0.2, 0.25) is 0 Å². The summed E-state index contributed by atoms with van der Waals surface area (Å²) >= 11 is 0. The van der Waals surface area contributed by atoms with Crippen LogP contribution in [0.15, 0.2) is 36.7 Å². The largest absolute Gasteiger partial charge is 0.325 e. The highest BCUT2D eigenvalue weighted by molar-refractivity contribution is 6.07. The van der Waals surface area contributed by atoms with Gasteiger partial charge < -0.3 is 5.32 Å². The lowest BCUT2D eigenvalue weighted by Crippen LogP contribution is -2.43. The number of carbonyl (C=O) groups is 2. The molecule has 2 heterocycles. The first-order valence-corrected chi connectivity index (χ1v) is 8.21. The predicted octanol–water partition coefficient (Wildman–Crippen LogP) is 2.34. The van der Waals surface area contributed by atoms with Crippen LogP contribution in [0.4, 0.5) is 4.79 Å². The van der Waals surface area contributed by atoms with Crippen LogP contribution >= 0.6 is 0 Å². The summed E-state index contributed by atoms with van der Waals surface area (Å²) in [4.78, 5) is 26.8. The van der Waals surface area contributed by atoms with Gasteiger partial charge in [-0.15, -0.1) is 0 Å². The van der Waals surface area contributed by atoms with Crippen LogP contribution in [0.3, 0.4) is 0 Å². The number of nitrogens with zero attached hydrogens (tertiary/aromatic N) is 3. The minimum atomic E-state index is -1.02. The highest BCUT2D eigenvalue weighted by Crippen LogP contribution is 2.32. The summed E-state index contributed by atoms with van der Waals surface area (Å²) in [7, 11) is 1.79. The Morgan fingerprint density at radius 2 is 1.96 bits per heavy atom. The molecule has 1 atom stereocenters. The van der Waals surface area contributed by atoms with Crippen LogP contribution in [0.25, 0.3) is 0 Å². The van der Waals surface area contributed by atoms with Crippen LogP contribution in [-0.4, -0.2) is 26.6 Å². The highest BCUT2D eigenvalue weighted by Gasteiger charge is 2.51. The second kappa shape index (κ2) is 6.11. The number of hydrogen-bond donors (Lipinski definition) is 1. The second-order valence-corrected chi connectivity index (χ2v) is 6.16.